The standard InChI is InChI=1S/C23H19N5O2S/c1-3-20-25-26-23-28(20)27-22(31-23)16-9-6-10-17(11-16)24-21(29)18-12-14-7-4-5-8-15(14)13-19(18)30-2/h4-13H,3H2,1-2H3,(H,24,29). The summed E-state index contributed by atoms with van der Waals surface area (Å²) in [4.78, 5) is 13.8. The van der Waals surface area contributed by atoms with Crippen molar-refractivity contribution in [1.29, 1.82) is 0 Å². The first-order chi connectivity index (χ1) is 15.2. The minimum Gasteiger partial charge on any atom is -0.496 e. The maximum absolute atomic E-state index is 13.0. The molecule has 3 aromatic carbocycles. The van der Waals surface area contributed by atoms with Crippen LogP contribution in [-0.2, 0) is 6.42 Å². The molecule has 2 aromatic heterocycles. The van der Waals surface area contributed by atoms with Gasteiger partial charge < -0.3 is 10.1 Å². The van der Waals surface area contributed by atoms with Gasteiger partial charge in [-0.3, -0.25) is 4.79 Å². The van der Waals surface area contributed by atoms with Crippen molar-refractivity contribution in [2.24, 2.45) is 0 Å². The van der Waals surface area contributed by atoms with Gasteiger partial charge in [0, 0.05) is 17.7 Å². The van der Waals surface area contributed by atoms with Gasteiger partial charge in [0.05, 0.1) is 12.7 Å². The van der Waals surface area contributed by atoms with Gasteiger partial charge in [0.1, 0.15) is 10.8 Å². The average Bonchev–Trinajstić information content (AvgIpc) is 3.39. The number of aryl methyl sites for hydroxylation is 1. The Bertz CT molecular complexity index is 1420. The van der Waals surface area contributed by atoms with Crippen molar-refractivity contribution in [1.82, 2.24) is 19.8 Å². The fraction of sp³-hybridized carbons (Fsp3) is 0.130. The average molecular weight is 430 g/mol. The third kappa shape index (κ3) is 3.51. The fourth-order valence-electron chi connectivity index (χ4n) is 3.49. The molecule has 2 heterocycles. The van der Waals surface area contributed by atoms with E-state index >= 15 is 0 Å². The van der Waals surface area contributed by atoms with Crippen LogP contribution < -0.4 is 10.1 Å². The van der Waals surface area contributed by atoms with Crippen LogP contribution in [0.2, 0.25) is 0 Å². The van der Waals surface area contributed by atoms with Crippen molar-refractivity contribution >= 4 is 38.7 Å². The molecule has 8 heteroatoms. The Hall–Kier alpha value is -3.78. The van der Waals surface area contributed by atoms with Crippen molar-refractivity contribution < 1.29 is 9.53 Å². The smallest absolute Gasteiger partial charge is 0.259 e. The van der Waals surface area contributed by atoms with Gasteiger partial charge in [-0.2, -0.15) is 9.61 Å². The minimum atomic E-state index is -0.230. The second-order valence-electron chi connectivity index (χ2n) is 7.01. The van der Waals surface area contributed by atoms with Crippen molar-refractivity contribution in [3.05, 3.63) is 72.1 Å². The highest BCUT2D eigenvalue weighted by atomic mass is 32.1. The van der Waals surface area contributed by atoms with E-state index in [2.05, 4.69) is 20.6 Å². The summed E-state index contributed by atoms with van der Waals surface area (Å²) >= 11 is 1.46. The monoisotopic (exact) mass is 429 g/mol. The molecule has 31 heavy (non-hydrogen) atoms. The number of ether oxygens (including phenoxy) is 1. The number of methoxy groups -OCH3 is 1. The number of rotatable bonds is 5. The summed E-state index contributed by atoms with van der Waals surface area (Å²) in [6.07, 6.45) is 0.758. The predicted octanol–water partition coefficient (Wildman–Crippen LogP) is 4.83. The van der Waals surface area contributed by atoms with Gasteiger partial charge in [0.15, 0.2) is 5.82 Å². The highest BCUT2D eigenvalue weighted by Gasteiger charge is 2.16. The van der Waals surface area contributed by atoms with Gasteiger partial charge in [-0.25, -0.2) is 0 Å². The largest absolute Gasteiger partial charge is 0.496 e. The number of nitrogens with one attached hydrogen (secondary N) is 1. The zero-order valence-corrected chi connectivity index (χ0v) is 17.8. The van der Waals surface area contributed by atoms with Gasteiger partial charge in [-0.1, -0.05) is 54.7 Å². The lowest BCUT2D eigenvalue weighted by Gasteiger charge is -2.11. The Morgan fingerprint density at radius 3 is 2.65 bits per heavy atom. The second-order valence-corrected chi connectivity index (χ2v) is 7.96. The number of hydrogen-bond donors (Lipinski definition) is 1. The summed E-state index contributed by atoms with van der Waals surface area (Å²) in [5.74, 6) is 1.13. The maximum Gasteiger partial charge on any atom is 0.259 e. The molecule has 0 aliphatic heterocycles. The Morgan fingerprint density at radius 1 is 1.06 bits per heavy atom. The van der Waals surface area contributed by atoms with Crippen LogP contribution in [-0.4, -0.2) is 32.8 Å². The number of fused-ring (bicyclic) bond motifs is 2. The fourth-order valence-corrected chi connectivity index (χ4v) is 4.34. The zero-order valence-electron chi connectivity index (χ0n) is 17.0. The van der Waals surface area contributed by atoms with Crippen LogP contribution in [0, 0.1) is 0 Å². The molecule has 0 unspecified atom stereocenters. The van der Waals surface area contributed by atoms with E-state index in [1.54, 1.807) is 11.6 Å². The molecule has 1 N–H and O–H groups in total. The number of nitrogens with zero attached hydrogens (tertiary/aromatic N) is 4. The molecule has 0 aliphatic rings. The summed E-state index contributed by atoms with van der Waals surface area (Å²) in [6, 6.07) is 19.2. The van der Waals surface area contributed by atoms with Gasteiger partial charge in [-0.15, -0.1) is 10.2 Å². The van der Waals surface area contributed by atoms with Gasteiger partial charge in [-0.05, 0) is 35.0 Å². The molecular weight excluding hydrogens is 410 g/mol. The normalized spacial score (nSPS) is 11.2. The van der Waals surface area contributed by atoms with Crippen LogP contribution in [0.15, 0.2) is 60.7 Å². The number of amides is 1. The molecule has 0 fully saturated rings. The van der Waals surface area contributed by atoms with E-state index in [1.165, 1.54) is 11.3 Å². The Labute approximate surface area is 182 Å². The third-order valence-electron chi connectivity index (χ3n) is 5.05. The topological polar surface area (TPSA) is 81.4 Å². The third-order valence-corrected chi connectivity index (χ3v) is 6.00. The van der Waals surface area contributed by atoms with E-state index < -0.39 is 0 Å². The predicted molar refractivity (Wildman–Crippen MR) is 122 cm³/mol. The number of aromatic nitrogens is 4. The Morgan fingerprint density at radius 2 is 1.87 bits per heavy atom. The first kappa shape index (κ1) is 19.2. The molecule has 0 aliphatic carbocycles. The Kier molecular flexibility index (Phi) is 4.83. The van der Waals surface area contributed by atoms with Crippen molar-refractivity contribution in [2.45, 2.75) is 13.3 Å². The summed E-state index contributed by atoms with van der Waals surface area (Å²) in [6.45, 7) is 2.02. The van der Waals surface area contributed by atoms with Crippen LogP contribution in [0.3, 0.4) is 0 Å². The number of carbonyl (C=O) groups excluding carboxylic acids is 1. The van der Waals surface area contributed by atoms with Gasteiger partial charge in [0.25, 0.3) is 5.91 Å². The molecule has 0 atom stereocenters. The minimum absolute atomic E-state index is 0.230. The van der Waals surface area contributed by atoms with E-state index in [1.807, 2.05) is 67.6 Å². The van der Waals surface area contributed by atoms with Crippen LogP contribution in [0.1, 0.15) is 23.1 Å². The molecule has 1 amide bonds. The maximum atomic E-state index is 13.0. The number of benzene rings is 3. The first-order valence-electron chi connectivity index (χ1n) is 9.86. The lowest BCUT2D eigenvalue weighted by Crippen LogP contribution is -2.13. The summed E-state index contributed by atoms with van der Waals surface area (Å²) in [7, 11) is 1.57. The van der Waals surface area contributed by atoms with E-state index in [0.29, 0.717) is 17.0 Å². The van der Waals surface area contributed by atoms with Crippen molar-refractivity contribution in [3.8, 4) is 16.3 Å². The van der Waals surface area contributed by atoms with Crippen LogP contribution >= 0.6 is 11.3 Å². The molecule has 5 rings (SSSR count). The lowest BCUT2D eigenvalue weighted by atomic mass is 10.1. The highest BCUT2D eigenvalue weighted by Crippen LogP contribution is 2.29. The highest BCUT2D eigenvalue weighted by molar-refractivity contribution is 7.19. The summed E-state index contributed by atoms with van der Waals surface area (Å²) < 4.78 is 7.24. The van der Waals surface area contributed by atoms with Crippen LogP contribution in [0.5, 0.6) is 5.75 Å². The number of carbonyl (C=O) groups is 1. The molecule has 0 bridgehead atoms. The molecule has 0 spiro atoms. The molecule has 0 saturated carbocycles. The summed E-state index contributed by atoms with van der Waals surface area (Å²) in [5.41, 5.74) is 2.07. The molecule has 0 radical (unpaired) electrons. The zero-order chi connectivity index (χ0) is 21.4. The van der Waals surface area contributed by atoms with E-state index in [0.717, 1.165) is 38.5 Å². The van der Waals surface area contributed by atoms with Gasteiger partial charge in [0.2, 0.25) is 4.96 Å². The van der Waals surface area contributed by atoms with E-state index in [9.17, 15) is 4.79 Å². The van der Waals surface area contributed by atoms with E-state index in [-0.39, 0.29) is 5.91 Å². The quantitative estimate of drug-likeness (QED) is 0.433. The lowest BCUT2D eigenvalue weighted by molar-refractivity contribution is 0.102. The number of hydrogen-bond acceptors (Lipinski definition) is 6. The van der Waals surface area contributed by atoms with Gasteiger partial charge >= 0.3 is 0 Å². The molecule has 5 aromatic rings. The molecule has 7 nitrogen and oxygen atoms in total. The van der Waals surface area contributed by atoms with Crippen LogP contribution in [0.25, 0.3) is 26.3 Å². The Balaban J connectivity index is 1.46. The van der Waals surface area contributed by atoms with E-state index in [4.69, 9.17) is 4.74 Å². The SMILES string of the molecule is CCc1nnc2sc(-c3cccc(NC(=O)c4cc5ccccc5cc4OC)c3)nn12. The molecule has 0 saturated heterocycles. The van der Waals surface area contributed by atoms with Crippen molar-refractivity contribution in [3.63, 3.8) is 0 Å². The van der Waals surface area contributed by atoms with Crippen molar-refractivity contribution in [2.75, 3.05) is 12.4 Å². The second kappa shape index (κ2) is 7.81. The molecule has 154 valence electrons. The van der Waals surface area contributed by atoms with Crippen LogP contribution in [0.4, 0.5) is 5.69 Å². The summed E-state index contributed by atoms with van der Waals surface area (Å²) in [5, 5.41) is 18.7. The first-order valence-corrected chi connectivity index (χ1v) is 10.7. The number of anilines is 1. The molecular formula is C23H19N5O2S.